The Hall–Kier alpha value is -6.65. The Bertz CT molecular complexity index is 3230. The number of hydrogen-bond acceptors (Lipinski definition) is 17. The third-order valence-electron chi connectivity index (χ3n) is 15.9. The number of fused-ring (bicyclic) bond motifs is 4. The average Bonchev–Trinajstić information content (AvgIpc) is 3.93. The number of carbonyl (C=O) groups excluding carboxylic acids is 5. The van der Waals surface area contributed by atoms with E-state index in [1.54, 1.807) is 60.9 Å². The predicted molar refractivity (Wildman–Crippen MR) is 287 cm³/mol. The molecule has 9 heterocycles. The highest BCUT2D eigenvalue weighted by molar-refractivity contribution is 7.46. The van der Waals surface area contributed by atoms with Gasteiger partial charge in [0.25, 0.3) is 23.6 Å². The molecule has 5 aliphatic heterocycles. The summed E-state index contributed by atoms with van der Waals surface area (Å²) in [6.45, 7) is 9.51. The second-order valence-electron chi connectivity index (χ2n) is 20.6. The molecule has 5 aromatic rings. The molecule has 0 saturated carbocycles. The summed E-state index contributed by atoms with van der Waals surface area (Å²) in [5, 5.41) is 14.7. The molecule has 1 aromatic carbocycles. The third-order valence-corrected chi connectivity index (χ3v) is 17.8. The molecule has 5 amide bonds. The van der Waals surface area contributed by atoms with Gasteiger partial charge < -0.3 is 34.7 Å². The van der Waals surface area contributed by atoms with Crippen LogP contribution in [0, 0.1) is 0 Å². The second kappa shape index (κ2) is 21.0. The number of aryl methyl sites for hydroxylation is 1. The number of hydrogen-bond donors (Lipinski definition) is 4. The van der Waals surface area contributed by atoms with Crippen LogP contribution in [0.1, 0.15) is 117 Å². The number of aromatic nitrogens is 3. The molecule has 0 bridgehead atoms. The number of carbonyl (C=O) groups is 5. The number of pyridine rings is 3. The quantitative estimate of drug-likeness (QED) is 0.0753. The molecule has 4 atom stereocenters. The Morgan fingerprint density at radius 1 is 0.792 bits per heavy atom. The van der Waals surface area contributed by atoms with Gasteiger partial charge in [0.05, 0.1) is 41.1 Å². The van der Waals surface area contributed by atoms with Gasteiger partial charge in [-0.3, -0.25) is 48.1 Å². The van der Waals surface area contributed by atoms with Crippen molar-refractivity contribution in [1.82, 2.24) is 29.7 Å². The molecule has 404 valence electrons. The number of imide groups is 2. The van der Waals surface area contributed by atoms with Crippen molar-refractivity contribution in [2.75, 3.05) is 66.4 Å². The van der Waals surface area contributed by atoms with Gasteiger partial charge in [-0.05, 0) is 131 Å². The zero-order valence-electron chi connectivity index (χ0n) is 43.3. The Balaban J connectivity index is 0.709. The third kappa shape index (κ3) is 9.89. The van der Waals surface area contributed by atoms with Crippen LogP contribution in [0.5, 0.6) is 5.88 Å². The first-order chi connectivity index (χ1) is 37.0. The number of thiophene rings is 1. The summed E-state index contributed by atoms with van der Waals surface area (Å²) in [5.41, 5.74) is 7.18. The first-order valence-corrected chi connectivity index (χ1v) is 28.6. The first-order valence-electron chi connectivity index (χ1n) is 26.2. The lowest BCUT2D eigenvalue weighted by molar-refractivity contribution is -0.161. The number of phosphoric ester groups is 1. The summed E-state index contributed by atoms with van der Waals surface area (Å²) in [6.07, 6.45) is 9.24. The highest BCUT2D eigenvalue weighted by atomic mass is 32.1. The Morgan fingerprint density at radius 3 is 2.29 bits per heavy atom. The van der Waals surface area contributed by atoms with Crippen molar-refractivity contribution in [3.05, 3.63) is 98.6 Å². The van der Waals surface area contributed by atoms with Crippen molar-refractivity contribution in [3.8, 4) is 17.0 Å². The molecule has 6 aliphatic rings. The summed E-state index contributed by atoms with van der Waals surface area (Å²) in [6, 6.07) is 12.0. The number of anilines is 5. The number of aliphatic hydroxyl groups excluding tert-OH is 1. The van der Waals surface area contributed by atoms with Crippen LogP contribution < -0.4 is 24.8 Å². The van der Waals surface area contributed by atoms with Crippen LogP contribution in [0.15, 0.2) is 61.1 Å². The summed E-state index contributed by atoms with van der Waals surface area (Å²) >= 11 is 1.62. The largest absolute Gasteiger partial charge is 0.480 e. The number of methoxy groups -OCH3 is 1. The fourth-order valence-electron chi connectivity index (χ4n) is 12.3. The van der Waals surface area contributed by atoms with Crippen LogP contribution in [0.3, 0.4) is 0 Å². The maximum absolute atomic E-state index is 14.1. The van der Waals surface area contributed by atoms with Gasteiger partial charge in [-0.15, -0.1) is 11.3 Å². The van der Waals surface area contributed by atoms with E-state index in [0.29, 0.717) is 57.4 Å². The number of piperazine rings is 1. The molecule has 3 fully saturated rings. The summed E-state index contributed by atoms with van der Waals surface area (Å²) in [5.74, 6) is -1.66. The number of benzene rings is 1. The number of rotatable bonds is 13. The minimum absolute atomic E-state index is 0.0649. The highest BCUT2D eigenvalue weighted by Gasteiger charge is 2.49. The Morgan fingerprint density at radius 2 is 1.56 bits per heavy atom. The molecule has 23 heteroatoms. The zero-order valence-corrected chi connectivity index (χ0v) is 45.0. The molecule has 3 saturated heterocycles. The van der Waals surface area contributed by atoms with Gasteiger partial charge in [0, 0.05) is 91.9 Å². The van der Waals surface area contributed by atoms with Crippen molar-refractivity contribution < 1.29 is 52.7 Å². The topological polar surface area (TPSA) is 252 Å². The normalized spacial score (nSPS) is 21.3. The van der Waals surface area contributed by atoms with Crippen LogP contribution in [0.2, 0.25) is 0 Å². The van der Waals surface area contributed by atoms with Crippen LogP contribution in [-0.4, -0.2) is 145 Å². The molecular formula is C54H61N10O11PS. The monoisotopic (exact) mass is 1090 g/mol. The van der Waals surface area contributed by atoms with E-state index in [-0.39, 0.29) is 35.9 Å². The predicted octanol–water partition coefficient (Wildman–Crippen LogP) is 6.24. The van der Waals surface area contributed by atoms with Crippen molar-refractivity contribution >= 4 is 77.4 Å². The van der Waals surface area contributed by atoms with E-state index < -0.39 is 49.8 Å². The number of ether oxygens (including phenoxy) is 1. The van der Waals surface area contributed by atoms with Crippen LogP contribution >= 0.6 is 19.2 Å². The number of piperidine rings is 2. The summed E-state index contributed by atoms with van der Waals surface area (Å²) in [7, 11) is -3.50. The van der Waals surface area contributed by atoms with Crippen LogP contribution in [0.25, 0.3) is 11.1 Å². The van der Waals surface area contributed by atoms with Crippen molar-refractivity contribution in [2.24, 2.45) is 0 Å². The fraction of sp³-hybridized carbons (Fsp3) is 0.444. The lowest BCUT2D eigenvalue weighted by atomic mass is 9.91. The molecule has 0 radical (unpaired) electrons. The van der Waals surface area contributed by atoms with Crippen molar-refractivity contribution in [3.63, 3.8) is 0 Å². The van der Waals surface area contributed by atoms with Crippen molar-refractivity contribution in [1.29, 1.82) is 0 Å². The molecule has 21 nitrogen and oxygen atoms in total. The SMILES string of the molecule is COc1ncc(-c2ccnc(N3CCc4c(sc5c4CCCC5)C3=O)c2[C@@H](C)O)cc1Nc1ccc(N2CCN(C3CCN(c4ccc5c(c4)C(=O)N([C@H]4CCC(=O)N(C(C)OP(=O)(O)O)C4=O)C5=O)CC3)C[C@@H]2C)cn1. The Labute approximate surface area is 449 Å². The maximum atomic E-state index is 14.1. The number of likely N-dealkylation sites (tertiary alicyclic amines) is 1. The van der Waals surface area contributed by atoms with E-state index in [2.05, 4.69) is 42.5 Å². The van der Waals surface area contributed by atoms with E-state index in [1.165, 1.54) is 16.0 Å². The minimum Gasteiger partial charge on any atom is -0.480 e. The number of nitrogens with one attached hydrogen (secondary N) is 1. The van der Waals surface area contributed by atoms with Gasteiger partial charge in [0.1, 0.15) is 29.6 Å². The second-order valence-corrected chi connectivity index (χ2v) is 22.9. The molecule has 11 rings (SSSR count). The van der Waals surface area contributed by atoms with Crippen molar-refractivity contribution in [2.45, 2.75) is 109 Å². The fourth-order valence-corrected chi connectivity index (χ4v) is 14.1. The maximum Gasteiger partial charge on any atom is 0.471 e. The standard InChI is InChI=1S/C54H61N10O11PS/c1-30-29-60(34-16-20-59(21-17-34)35-9-11-40-41(26-35)52(68)64(51(40)67)43-12-14-46(66)63(53(43)69)32(3)75-76(71,72)73)23-24-61(30)36-10-13-45(56-28-36)58-42-25-33(27-57-50(42)74-4)37-15-19-55-49(47(37)31(2)65)62-22-18-39-38-7-5-6-8-44(38)77-48(39)54(62)70/h9-11,13,15,19,25-28,30-32,34,43,65H,5-8,12,14,16-18,20-24,29H2,1-4H3,(H,56,58)(H2,71,72,73)/t30-,31+,32?,43-/m0/s1. The van der Waals surface area contributed by atoms with E-state index in [9.17, 15) is 43.4 Å². The van der Waals surface area contributed by atoms with Gasteiger partial charge >= 0.3 is 7.82 Å². The molecule has 1 unspecified atom stereocenters. The number of aliphatic hydroxyl groups is 1. The van der Waals surface area contributed by atoms with Gasteiger partial charge in [0.15, 0.2) is 0 Å². The van der Waals surface area contributed by atoms with Gasteiger partial charge in [-0.25, -0.2) is 19.5 Å². The lowest BCUT2D eigenvalue weighted by Gasteiger charge is -2.46. The van der Waals surface area contributed by atoms with E-state index in [4.69, 9.17) is 14.7 Å². The molecule has 1 aliphatic carbocycles. The molecule has 4 N–H and O–H groups in total. The molecule has 4 aromatic heterocycles. The summed E-state index contributed by atoms with van der Waals surface area (Å²) in [4.78, 5) is 113. The number of nitrogens with zero attached hydrogens (tertiary/aromatic N) is 9. The summed E-state index contributed by atoms with van der Waals surface area (Å²) < 4.78 is 21.8. The van der Waals surface area contributed by atoms with Gasteiger partial charge in [-0.2, -0.15) is 0 Å². The number of phosphoric acid groups is 1. The Kier molecular flexibility index (Phi) is 14.3. The minimum atomic E-state index is -5.06. The highest BCUT2D eigenvalue weighted by Crippen LogP contribution is 2.43. The van der Waals surface area contributed by atoms with E-state index in [0.717, 1.165) is 106 Å². The lowest BCUT2D eigenvalue weighted by Crippen LogP contribution is -2.58. The smallest absolute Gasteiger partial charge is 0.471 e. The van der Waals surface area contributed by atoms with E-state index >= 15 is 0 Å². The van der Waals surface area contributed by atoms with Crippen LogP contribution in [-0.2, 0) is 37.9 Å². The van der Waals surface area contributed by atoms with Gasteiger partial charge in [-0.1, -0.05) is 0 Å². The first kappa shape index (κ1) is 52.4. The zero-order chi connectivity index (χ0) is 54.0. The number of amides is 5. The average molecular weight is 1090 g/mol. The molecular weight excluding hydrogens is 1030 g/mol. The van der Waals surface area contributed by atoms with Crippen LogP contribution in [0.4, 0.5) is 28.7 Å². The van der Waals surface area contributed by atoms with E-state index in [1.807, 2.05) is 24.4 Å². The molecule has 0 spiro atoms. The molecule has 77 heavy (non-hydrogen) atoms. The van der Waals surface area contributed by atoms with Gasteiger partial charge in [0.2, 0.25) is 11.8 Å².